The van der Waals surface area contributed by atoms with Crippen LogP contribution in [0.2, 0.25) is 0 Å². The van der Waals surface area contributed by atoms with E-state index in [2.05, 4.69) is 54.1 Å². The van der Waals surface area contributed by atoms with Gasteiger partial charge in [0.15, 0.2) is 0 Å². The zero-order valence-corrected chi connectivity index (χ0v) is 20.8. The van der Waals surface area contributed by atoms with Gasteiger partial charge in [0.1, 0.15) is 12.6 Å². The van der Waals surface area contributed by atoms with Gasteiger partial charge in [0.25, 0.3) is 0 Å². The molecule has 2 rings (SSSR count). The fraction of sp³-hybridized carbons (Fsp3) is 0.759. The van der Waals surface area contributed by atoms with Gasteiger partial charge in [0, 0.05) is 13.3 Å². The van der Waals surface area contributed by atoms with Crippen LogP contribution in [0.15, 0.2) is 30.3 Å². The van der Waals surface area contributed by atoms with E-state index in [4.69, 9.17) is 0 Å². The number of amidine groups is 1. The van der Waals surface area contributed by atoms with Crippen molar-refractivity contribution in [2.24, 2.45) is 0 Å². The fourth-order valence-electron chi connectivity index (χ4n) is 5.00. The lowest BCUT2D eigenvalue weighted by molar-refractivity contribution is -0.556. The molecule has 2 heteroatoms. The van der Waals surface area contributed by atoms with Crippen molar-refractivity contribution < 1.29 is 4.58 Å². The first-order valence-electron chi connectivity index (χ1n) is 13.7. The summed E-state index contributed by atoms with van der Waals surface area (Å²) in [4.78, 5) is 0. The van der Waals surface area contributed by atoms with Crippen molar-refractivity contribution in [3.05, 3.63) is 35.9 Å². The molecule has 31 heavy (non-hydrogen) atoms. The van der Waals surface area contributed by atoms with Gasteiger partial charge >= 0.3 is 0 Å². The van der Waals surface area contributed by atoms with E-state index in [1.165, 1.54) is 121 Å². The summed E-state index contributed by atoms with van der Waals surface area (Å²) in [5.74, 6) is 1.38. The molecule has 1 heterocycles. The minimum atomic E-state index is 0.624. The molecule has 176 valence electrons. The smallest absolute Gasteiger partial charge is 0.241 e. The molecule has 1 atom stereocenters. The van der Waals surface area contributed by atoms with Crippen molar-refractivity contribution in [1.29, 1.82) is 0 Å². The molecule has 0 aliphatic carbocycles. The zero-order valence-electron chi connectivity index (χ0n) is 20.8. The minimum absolute atomic E-state index is 0.624. The van der Waals surface area contributed by atoms with Crippen LogP contribution in [0, 0.1) is 0 Å². The standard InChI is InChI=1S/C29H50N2/c1-3-4-5-6-7-8-9-10-11-12-13-14-15-16-17-21-24-31-27(2)30-26-29(31)25-28-22-19-18-20-23-28/h18-20,22-23,29H,3-17,21,24-26H2,1-2H3/p+1. The molecule has 0 saturated heterocycles. The lowest BCUT2D eigenvalue weighted by Gasteiger charge is -2.13. The van der Waals surface area contributed by atoms with Gasteiger partial charge < -0.3 is 0 Å². The Morgan fingerprint density at radius 2 is 1.19 bits per heavy atom. The molecule has 2 nitrogen and oxygen atoms in total. The second-order valence-corrected chi connectivity index (χ2v) is 9.81. The van der Waals surface area contributed by atoms with E-state index < -0.39 is 0 Å². The Hall–Kier alpha value is -1.31. The highest BCUT2D eigenvalue weighted by atomic mass is 15.2. The molecule has 1 N–H and O–H groups in total. The van der Waals surface area contributed by atoms with Gasteiger partial charge in [-0.3, -0.25) is 9.89 Å². The second-order valence-electron chi connectivity index (χ2n) is 9.81. The highest BCUT2D eigenvalue weighted by molar-refractivity contribution is 5.75. The molecule has 0 amide bonds. The molecule has 1 aromatic carbocycles. The van der Waals surface area contributed by atoms with Gasteiger partial charge in [-0.1, -0.05) is 127 Å². The molecule has 1 aliphatic heterocycles. The summed E-state index contributed by atoms with van der Waals surface area (Å²) in [6.45, 7) is 6.86. The Bertz CT molecular complexity index is 578. The molecule has 0 aromatic heterocycles. The van der Waals surface area contributed by atoms with E-state index in [0.29, 0.717) is 6.04 Å². The molecule has 0 saturated carbocycles. The van der Waals surface area contributed by atoms with Crippen molar-refractivity contribution in [3.63, 3.8) is 0 Å². The predicted molar refractivity (Wildman–Crippen MR) is 137 cm³/mol. The average Bonchev–Trinajstić information content (AvgIpc) is 3.13. The number of hydrogen-bond donors (Lipinski definition) is 1. The second kappa shape index (κ2) is 17.3. The first-order chi connectivity index (χ1) is 15.3. The first kappa shape index (κ1) is 25.9. The molecule has 0 bridgehead atoms. The summed E-state index contributed by atoms with van der Waals surface area (Å²) in [6.07, 6.45) is 24.2. The molecular weight excluding hydrogens is 376 g/mol. The Balaban J connectivity index is 1.40. The molecular formula is C29H51N2+. The number of hydrogen-bond acceptors (Lipinski definition) is 1. The summed E-state index contributed by atoms with van der Waals surface area (Å²) in [7, 11) is 0. The number of nitrogens with zero attached hydrogens (tertiary/aromatic N) is 1. The summed E-state index contributed by atoms with van der Waals surface area (Å²) < 4.78 is 2.62. The minimum Gasteiger partial charge on any atom is -0.274 e. The van der Waals surface area contributed by atoms with E-state index in [9.17, 15) is 0 Å². The van der Waals surface area contributed by atoms with Crippen molar-refractivity contribution in [2.75, 3.05) is 13.1 Å². The van der Waals surface area contributed by atoms with Crippen molar-refractivity contribution in [3.8, 4) is 0 Å². The zero-order chi connectivity index (χ0) is 22.0. The normalized spacial score (nSPS) is 16.1. The largest absolute Gasteiger partial charge is 0.274 e. The highest BCUT2D eigenvalue weighted by Crippen LogP contribution is 2.14. The number of nitrogens with one attached hydrogen (secondary N) is 1. The molecule has 1 unspecified atom stereocenters. The van der Waals surface area contributed by atoms with Crippen molar-refractivity contribution in [2.45, 2.75) is 129 Å². The Labute approximate surface area is 193 Å². The van der Waals surface area contributed by atoms with Gasteiger partial charge in [0.05, 0.1) is 6.54 Å². The molecule has 1 aliphatic rings. The van der Waals surface area contributed by atoms with Crippen LogP contribution in [0.25, 0.3) is 0 Å². The summed E-state index contributed by atoms with van der Waals surface area (Å²) in [6, 6.07) is 11.6. The van der Waals surface area contributed by atoms with Crippen LogP contribution in [0.4, 0.5) is 0 Å². The Morgan fingerprint density at radius 3 is 1.71 bits per heavy atom. The molecule has 1 aromatic rings. The van der Waals surface area contributed by atoms with Crippen LogP contribution < -0.4 is 5.32 Å². The van der Waals surface area contributed by atoms with Crippen LogP contribution in [-0.4, -0.2) is 29.5 Å². The SMILES string of the molecule is CCCCCCCCCCCCCCCCCC[N+]1=C(C)NCC1Cc1ccccc1. The quantitative estimate of drug-likeness (QED) is 0.175. The third-order valence-electron chi connectivity index (χ3n) is 7.03. The third kappa shape index (κ3) is 11.8. The number of unbranched alkanes of at least 4 members (excludes halogenated alkanes) is 15. The third-order valence-corrected chi connectivity index (χ3v) is 7.03. The number of benzene rings is 1. The average molecular weight is 428 g/mol. The van der Waals surface area contributed by atoms with E-state index in [0.717, 1.165) is 13.0 Å². The maximum absolute atomic E-state index is 3.59. The van der Waals surface area contributed by atoms with Gasteiger partial charge in [-0.05, 0) is 18.4 Å². The monoisotopic (exact) mass is 427 g/mol. The van der Waals surface area contributed by atoms with E-state index >= 15 is 0 Å². The first-order valence-corrected chi connectivity index (χ1v) is 13.7. The predicted octanol–water partition coefficient (Wildman–Crippen LogP) is 7.89. The summed E-state index contributed by atoms with van der Waals surface area (Å²) in [5, 5.41) is 3.59. The highest BCUT2D eigenvalue weighted by Gasteiger charge is 2.28. The molecule has 0 fully saturated rings. The summed E-state index contributed by atoms with van der Waals surface area (Å²) >= 11 is 0. The lowest BCUT2D eigenvalue weighted by Crippen LogP contribution is -2.29. The van der Waals surface area contributed by atoms with Gasteiger partial charge in [-0.2, -0.15) is 0 Å². The van der Waals surface area contributed by atoms with E-state index in [1.807, 2.05) is 0 Å². The number of rotatable bonds is 19. The van der Waals surface area contributed by atoms with Crippen molar-refractivity contribution in [1.82, 2.24) is 5.32 Å². The lowest BCUT2D eigenvalue weighted by atomic mass is 10.0. The van der Waals surface area contributed by atoms with E-state index in [1.54, 1.807) is 0 Å². The fourth-order valence-corrected chi connectivity index (χ4v) is 5.00. The molecule has 0 spiro atoms. The van der Waals surface area contributed by atoms with Crippen LogP contribution in [0.1, 0.15) is 122 Å². The van der Waals surface area contributed by atoms with Gasteiger partial charge in [-0.15, -0.1) is 0 Å². The van der Waals surface area contributed by atoms with Crippen LogP contribution in [0.3, 0.4) is 0 Å². The van der Waals surface area contributed by atoms with Crippen LogP contribution in [-0.2, 0) is 6.42 Å². The van der Waals surface area contributed by atoms with Crippen LogP contribution >= 0.6 is 0 Å². The summed E-state index contributed by atoms with van der Waals surface area (Å²) in [5.41, 5.74) is 1.46. The van der Waals surface area contributed by atoms with Gasteiger partial charge in [0.2, 0.25) is 5.84 Å². The Morgan fingerprint density at radius 1 is 0.710 bits per heavy atom. The van der Waals surface area contributed by atoms with Gasteiger partial charge in [-0.25, -0.2) is 0 Å². The Kier molecular flexibility index (Phi) is 14.5. The van der Waals surface area contributed by atoms with E-state index in [-0.39, 0.29) is 0 Å². The topological polar surface area (TPSA) is 15.0 Å². The molecule has 0 radical (unpaired) electrons. The van der Waals surface area contributed by atoms with Crippen molar-refractivity contribution >= 4 is 5.84 Å². The maximum atomic E-state index is 3.59. The maximum Gasteiger partial charge on any atom is 0.241 e. The van der Waals surface area contributed by atoms with Crippen LogP contribution in [0.5, 0.6) is 0 Å².